The third-order valence-corrected chi connectivity index (χ3v) is 2.38. The molecule has 0 radical (unpaired) electrons. The zero-order valence-corrected chi connectivity index (χ0v) is 10.4. The molecule has 0 aliphatic carbocycles. The summed E-state index contributed by atoms with van der Waals surface area (Å²) in [7, 11) is 0. The number of benzene rings is 1. The van der Waals surface area contributed by atoms with E-state index in [1.165, 1.54) is 0 Å². The smallest absolute Gasteiger partial charge is 0.242 e. The summed E-state index contributed by atoms with van der Waals surface area (Å²) in [6, 6.07) is 4.93. The summed E-state index contributed by atoms with van der Waals surface area (Å²) in [5.74, 6) is -0.294. The molecule has 1 rings (SSSR count). The number of thiocarbonyl (C=S) groups is 1. The normalized spacial score (nSPS) is 9.62. The topological polar surface area (TPSA) is 67.2 Å². The molecule has 0 saturated carbocycles. The summed E-state index contributed by atoms with van der Waals surface area (Å²) in [6.07, 6.45) is 0.117. The Kier molecular flexibility index (Phi) is 4.79. The third-order valence-electron chi connectivity index (χ3n) is 1.69. The first-order chi connectivity index (χ1) is 7.49. The van der Waals surface area contributed by atoms with E-state index in [0.717, 1.165) is 0 Å². The maximum atomic E-state index is 11.4. The van der Waals surface area contributed by atoms with Crippen LogP contribution in [0.2, 0.25) is 10.0 Å². The van der Waals surface area contributed by atoms with Crippen LogP contribution in [-0.4, -0.2) is 11.0 Å². The van der Waals surface area contributed by atoms with Crippen molar-refractivity contribution in [3.63, 3.8) is 0 Å². The van der Waals surface area contributed by atoms with E-state index in [0.29, 0.717) is 15.6 Å². The molecule has 1 aromatic carbocycles. The lowest BCUT2D eigenvalue weighted by Gasteiger charge is -2.07. The molecule has 0 aromatic heterocycles. The van der Waals surface area contributed by atoms with Gasteiger partial charge in [-0.3, -0.25) is 15.6 Å². The van der Waals surface area contributed by atoms with Crippen LogP contribution in [0.3, 0.4) is 0 Å². The molecule has 0 spiro atoms. The minimum absolute atomic E-state index is 0.00412. The molecule has 4 N–H and O–H groups in total. The van der Waals surface area contributed by atoms with Crippen molar-refractivity contribution < 1.29 is 4.79 Å². The SMILES string of the molecule is NC(=S)NNC(=O)Cc1ccc(Cl)cc1Cl. The molecule has 16 heavy (non-hydrogen) atoms. The van der Waals surface area contributed by atoms with Crippen molar-refractivity contribution in [2.75, 3.05) is 0 Å². The number of carbonyl (C=O) groups excluding carboxylic acids is 1. The third kappa shape index (κ3) is 4.22. The minimum Gasteiger partial charge on any atom is -0.375 e. The molecule has 7 heteroatoms. The van der Waals surface area contributed by atoms with Crippen molar-refractivity contribution in [3.05, 3.63) is 33.8 Å². The number of halogens is 2. The van der Waals surface area contributed by atoms with Crippen molar-refractivity contribution in [2.24, 2.45) is 5.73 Å². The highest BCUT2D eigenvalue weighted by Gasteiger charge is 2.07. The van der Waals surface area contributed by atoms with Gasteiger partial charge >= 0.3 is 0 Å². The highest BCUT2D eigenvalue weighted by molar-refractivity contribution is 7.80. The van der Waals surface area contributed by atoms with Gasteiger partial charge in [-0.1, -0.05) is 29.3 Å². The Morgan fingerprint density at radius 3 is 2.62 bits per heavy atom. The van der Waals surface area contributed by atoms with Gasteiger partial charge in [0.1, 0.15) is 0 Å². The molecule has 0 heterocycles. The molecule has 0 unspecified atom stereocenters. The predicted molar refractivity (Wildman–Crippen MR) is 68.2 cm³/mol. The van der Waals surface area contributed by atoms with Gasteiger partial charge in [0.15, 0.2) is 5.11 Å². The zero-order chi connectivity index (χ0) is 12.1. The molecule has 0 aliphatic heterocycles. The summed E-state index contributed by atoms with van der Waals surface area (Å²) < 4.78 is 0. The van der Waals surface area contributed by atoms with Crippen molar-refractivity contribution >= 4 is 46.4 Å². The van der Waals surface area contributed by atoms with Crippen LogP contribution in [0.1, 0.15) is 5.56 Å². The Morgan fingerprint density at radius 2 is 2.06 bits per heavy atom. The van der Waals surface area contributed by atoms with Crippen LogP contribution in [0, 0.1) is 0 Å². The quantitative estimate of drug-likeness (QED) is 0.565. The molecule has 1 amide bonds. The molecule has 4 nitrogen and oxygen atoms in total. The van der Waals surface area contributed by atoms with Gasteiger partial charge in [0, 0.05) is 10.0 Å². The second kappa shape index (κ2) is 5.89. The van der Waals surface area contributed by atoms with Crippen LogP contribution in [0.5, 0.6) is 0 Å². The van der Waals surface area contributed by atoms with Crippen molar-refractivity contribution in [3.8, 4) is 0 Å². The van der Waals surface area contributed by atoms with E-state index in [1.54, 1.807) is 18.2 Å². The number of carbonyl (C=O) groups is 1. The average Bonchev–Trinajstić information content (AvgIpc) is 2.19. The monoisotopic (exact) mass is 277 g/mol. The van der Waals surface area contributed by atoms with Gasteiger partial charge in [0.25, 0.3) is 0 Å². The van der Waals surface area contributed by atoms with E-state index in [9.17, 15) is 4.79 Å². The summed E-state index contributed by atoms with van der Waals surface area (Å²) >= 11 is 16.2. The van der Waals surface area contributed by atoms with Gasteiger partial charge in [0.2, 0.25) is 5.91 Å². The van der Waals surface area contributed by atoms with E-state index in [-0.39, 0.29) is 17.4 Å². The molecule has 0 aliphatic rings. The van der Waals surface area contributed by atoms with E-state index in [4.69, 9.17) is 28.9 Å². The van der Waals surface area contributed by atoms with Crippen LogP contribution in [0.4, 0.5) is 0 Å². The van der Waals surface area contributed by atoms with E-state index in [1.807, 2.05) is 0 Å². The second-order valence-corrected chi connectivity index (χ2v) is 4.23. The fourth-order valence-corrected chi connectivity index (χ4v) is 1.54. The fraction of sp³-hybridized carbons (Fsp3) is 0.111. The molecular weight excluding hydrogens is 269 g/mol. The molecule has 0 fully saturated rings. The van der Waals surface area contributed by atoms with Gasteiger partial charge in [0.05, 0.1) is 6.42 Å². The number of rotatable bonds is 2. The summed E-state index contributed by atoms with van der Waals surface area (Å²) in [6.45, 7) is 0. The fourth-order valence-electron chi connectivity index (χ4n) is 1.01. The summed E-state index contributed by atoms with van der Waals surface area (Å²) in [5.41, 5.74) is 10.5. The largest absolute Gasteiger partial charge is 0.375 e. The lowest BCUT2D eigenvalue weighted by atomic mass is 10.1. The Balaban J connectivity index is 2.59. The van der Waals surface area contributed by atoms with Crippen LogP contribution in [0.15, 0.2) is 18.2 Å². The van der Waals surface area contributed by atoms with Crippen LogP contribution >= 0.6 is 35.4 Å². The average molecular weight is 278 g/mol. The highest BCUT2D eigenvalue weighted by atomic mass is 35.5. The zero-order valence-electron chi connectivity index (χ0n) is 8.09. The maximum absolute atomic E-state index is 11.4. The summed E-state index contributed by atoms with van der Waals surface area (Å²) in [4.78, 5) is 11.4. The molecular formula is C9H9Cl2N3OS. The lowest BCUT2D eigenvalue weighted by Crippen LogP contribution is -2.44. The van der Waals surface area contributed by atoms with Crippen molar-refractivity contribution in [2.45, 2.75) is 6.42 Å². The van der Waals surface area contributed by atoms with Gasteiger partial charge in [-0.2, -0.15) is 0 Å². The van der Waals surface area contributed by atoms with Gasteiger partial charge in [-0.05, 0) is 29.9 Å². The van der Waals surface area contributed by atoms with Crippen LogP contribution < -0.4 is 16.6 Å². The van der Waals surface area contributed by atoms with Crippen LogP contribution in [-0.2, 0) is 11.2 Å². The Morgan fingerprint density at radius 1 is 1.38 bits per heavy atom. The molecule has 1 aromatic rings. The second-order valence-electron chi connectivity index (χ2n) is 2.95. The minimum atomic E-state index is -0.294. The Bertz CT molecular complexity index is 425. The highest BCUT2D eigenvalue weighted by Crippen LogP contribution is 2.21. The Hall–Kier alpha value is -1.04. The lowest BCUT2D eigenvalue weighted by molar-refractivity contribution is -0.121. The predicted octanol–water partition coefficient (Wildman–Crippen LogP) is 1.40. The number of hydrazine groups is 1. The van der Waals surface area contributed by atoms with Crippen molar-refractivity contribution in [1.29, 1.82) is 0 Å². The van der Waals surface area contributed by atoms with Gasteiger partial charge < -0.3 is 5.73 Å². The maximum Gasteiger partial charge on any atom is 0.242 e. The number of amides is 1. The van der Waals surface area contributed by atoms with Crippen LogP contribution in [0.25, 0.3) is 0 Å². The number of hydrogen-bond acceptors (Lipinski definition) is 2. The molecule has 0 saturated heterocycles. The standard InChI is InChI=1S/C9H9Cl2N3OS/c10-6-2-1-5(7(11)4-6)3-8(15)13-14-9(12)16/h1-2,4H,3H2,(H,13,15)(H3,12,14,16). The van der Waals surface area contributed by atoms with E-state index in [2.05, 4.69) is 23.1 Å². The first-order valence-electron chi connectivity index (χ1n) is 4.27. The number of nitrogens with two attached hydrogens (primary N) is 1. The molecule has 0 atom stereocenters. The molecule has 86 valence electrons. The molecule has 0 bridgehead atoms. The van der Waals surface area contributed by atoms with Gasteiger partial charge in [-0.25, -0.2) is 0 Å². The summed E-state index contributed by atoms with van der Waals surface area (Å²) in [5, 5.41) is 0.962. The van der Waals surface area contributed by atoms with E-state index >= 15 is 0 Å². The first-order valence-corrected chi connectivity index (χ1v) is 5.43. The number of nitrogens with one attached hydrogen (secondary N) is 2. The van der Waals surface area contributed by atoms with Gasteiger partial charge in [-0.15, -0.1) is 0 Å². The Labute approximate surface area is 108 Å². The number of hydrogen-bond donors (Lipinski definition) is 3. The van der Waals surface area contributed by atoms with E-state index < -0.39 is 0 Å². The van der Waals surface area contributed by atoms with Crippen molar-refractivity contribution in [1.82, 2.24) is 10.9 Å². The first kappa shape index (κ1) is 13.0.